The number of imidazole rings is 1. The Bertz CT molecular complexity index is 1360. The number of aryl methyl sites for hydroxylation is 3. The molecule has 2 aromatic heterocycles. The summed E-state index contributed by atoms with van der Waals surface area (Å²) in [5.74, 6) is 0.751. The van der Waals surface area contributed by atoms with Gasteiger partial charge in [0, 0.05) is 29.9 Å². The Balaban J connectivity index is 1.55. The first-order valence-corrected chi connectivity index (χ1v) is 10.8. The minimum Gasteiger partial charge on any atom is -0.324 e. The number of anilines is 1. The van der Waals surface area contributed by atoms with E-state index < -0.39 is 0 Å². The average molecular weight is 415 g/mol. The van der Waals surface area contributed by atoms with Gasteiger partial charge in [-0.25, -0.2) is 15.0 Å². The second kappa shape index (κ2) is 7.57. The molecule has 1 aliphatic rings. The van der Waals surface area contributed by atoms with Crippen LogP contribution >= 0.6 is 11.8 Å². The molecule has 1 aliphatic heterocycles. The van der Waals surface area contributed by atoms with Crippen molar-refractivity contribution in [1.82, 2.24) is 19.5 Å². The molecule has 0 amide bonds. The van der Waals surface area contributed by atoms with Gasteiger partial charge >= 0.3 is 0 Å². The molecular weight excluding hydrogens is 392 g/mol. The van der Waals surface area contributed by atoms with Gasteiger partial charge in [0.25, 0.3) is 0 Å². The minimum atomic E-state index is -0.0425. The van der Waals surface area contributed by atoms with Crippen LogP contribution in [0.3, 0.4) is 0 Å². The summed E-state index contributed by atoms with van der Waals surface area (Å²) < 4.78 is 1.92. The predicted octanol–water partition coefficient (Wildman–Crippen LogP) is 2.98. The summed E-state index contributed by atoms with van der Waals surface area (Å²) in [6, 6.07) is 14.7. The summed E-state index contributed by atoms with van der Waals surface area (Å²) in [7, 11) is 1.95. The third-order valence-corrected chi connectivity index (χ3v) is 6.44. The van der Waals surface area contributed by atoms with Crippen LogP contribution in [0.5, 0.6) is 0 Å². The van der Waals surface area contributed by atoms with Crippen LogP contribution in [0.4, 0.5) is 5.69 Å². The van der Waals surface area contributed by atoms with Crippen LogP contribution in [-0.2, 0) is 7.05 Å². The molecule has 0 bridgehead atoms. The predicted molar refractivity (Wildman–Crippen MR) is 121 cm³/mol. The van der Waals surface area contributed by atoms with Crippen LogP contribution in [0.1, 0.15) is 11.1 Å². The Morgan fingerprint density at radius 2 is 1.80 bits per heavy atom. The topological polar surface area (TPSA) is 59.2 Å². The van der Waals surface area contributed by atoms with Crippen molar-refractivity contribution < 1.29 is 0 Å². The molecule has 0 spiro atoms. The molecular formula is C23H22N6S. The molecule has 1 unspecified atom stereocenters. The van der Waals surface area contributed by atoms with Crippen LogP contribution in [0.25, 0.3) is 17.4 Å². The first kappa shape index (κ1) is 18.8. The van der Waals surface area contributed by atoms with Crippen molar-refractivity contribution in [2.45, 2.75) is 25.0 Å². The average Bonchev–Trinajstić information content (AvgIpc) is 3.14. The van der Waals surface area contributed by atoms with Gasteiger partial charge in [0.05, 0.1) is 11.7 Å². The third kappa shape index (κ3) is 3.25. The molecule has 0 radical (unpaired) electrons. The van der Waals surface area contributed by atoms with Gasteiger partial charge in [-0.15, -0.1) is 0 Å². The normalized spacial score (nSPS) is 15.6. The van der Waals surface area contributed by atoms with Crippen LogP contribution < -0.4 is 15.5 Å². The monoisotopic (exact) mass is 414 g/mol. The van der Waals surface area contributed by atoms with Crippen LogP contribution in [0.2, 0.25) is 0 Å². The molecule has 0 saturated carbocycles. The summed E-state index contributed by atoms with van der Waals surface area (Å²) in [6.07, 6.45) is 5.58. The Morgan fingerprint density at radius 1 is 0.967 bits per heavy atom. The zero-order chi connectivity index (χ0) is 20.7. The molecule has 0 fully saturated rings. The molecule has 6 nitrogen and oxygen atoms in total. The molecule has 5 rings (SSSR count). The van der Waals surface area contributed by atoms with E-state index in [1.165, 1.54) is 22.0 Å². The van der Waals surface area contributed by atoms with E-state index in [2.05, 4.69) is 82.4 Å². The molecule has 0 N–H and O–H groups in total. The van der Waals surface area contributed by atoms with Gasteiger partial charge in [-0.3, -0.25) is 4.99 Å². The highest BCUT2D eigenvalue weighted by Crippen LogP contribution is 2.29. The van der Waals surface area contributed by atoms with Gasteiger partial charge in [-0.1, -0.05) is 42.1 Å². The molecule has 0 aliphatic carbocycles. The second-order valence-electron chi connectivity index (χ2n) is 7.46. The van der Waals surface area contributed by atoms with Crippen molar-refractivity contribution in [3.8, 4) is 0 Å². The lowest BCUT2D eigenvalue weighted by Gasteiger charge is -2.31. The lowest BCUT2D eigenvalue weighted by atomic mass is 10.1. The van der Waals surface area contributed by atoms with E-state index in [4.69, 9.17) is 4.99 Å². The molecule has 7 heteroatoms. The highest BCUT2D eigenvalue weighted by Gasteiger charge is 2.22. The molecule has 2 aromatic carbocycles. The van der Waals surface area contributed by atoms with Crippen molar-refractivity contribution >= 4 is 34.8 Å². The van der Waals surface area contributed by atoms with Gasteiger partial charge in [0.2, 0.25) is 0 Å². The third-order valence-electron chi connectivity index (χ3n) is 5.40. The van der Waals surface area contributed by atoms with Gasteiger partial charge in [-0.2, -0.15) is 0 Å². The number of nitrogens with zero attached hydrogens (tertiary/aromatic N) is 6. The quantitative estimate of drug-likeness (QED) is 0.380. The Labute approximate surface area is 179 Å². The standard InChI is InChI=1S/C23H22N6S/c1-15-8-6-9-18-17(15)11-29(19-10-5-4-7-16(19)2)20(27-18)12-30-23-21-22(24-13-25-23)28(3)14-26-21/h4-11,13-14,20H,12H2,1-3H3. The summed E-state index contributed by atoms with van der Waals surface area (Å²) in [5, 5.41) is 3.10. The number of hydrogen-bond acceptors (Lipinski definition) is 6. The fourth-order valence-corrected chi connectivity index (χ4v) is 4.72. The summed E-state index contributed by atoms with van der Waals surface area (Å²) in [5.41, 5.74) is 5.31. The molecule has 4 aromatic rings. The van der Waals surface area contributed by atoms with E-state index in [1.54, 1.807) is 24.4 Å². The number of fused-ring (bicyclic) bond motifs is 2. The van der Waals surface area contributed by atoms with Crippen LogP contribution in [-0.4, -0.2) is 31.4 Å². The number of aromatic nitrogens is 4. The first-order chi connectivity index (χ1) is 14.6. The van der Waals surface area contributed by atoms with E-state index in [0.29, 0.717) is 0 Å². The van der Waals surface area contributed by atoms with Crippen LogP contribution in [0, 0.1) is 13.8 Å². The SMILES string of the molecule is Cc1ccccc1N1C=c2c(C)cccc2=NC1CSc1ncnc2c1ncn2C. The fourth-order valence-electron chi connectivity index (χ4n) is 3.78. The summed E-state index contributed by atoms with van der Waals surface area (Å²) >= 11 is 1.67. The smallest absolute Gasteiger partial charge is 0.164 e. The Morgan fingerprint density at radius 3 is 2.67 bits per heavy atom. The van der Waals surface area contributed by atoms with Crippen molar-refractivity contribution in [3.05, 3.63) is 76.8 Å². The largest absolute Gasteiger partial charge is 0.324 e. The molecule has 150 valence electrons. The minimum absolute atomic E-state index is 0.0425. The molecule has 1 atom stereocenters. The van der Waals surface area contributed by atoms with Crippen molar-refractivity contribution in [1.29, 1.82) is 0 Å². The van der Waals surface area contributed by atoms with E-state index in [0.717, 1.165) is 27.3 Å². The van der Waals surface area contributed by atoms with E-state index in [9.17, 15) is 0 Å². The number of hydrogen-bond donors (Lipinski definition) is 0. The first-order valence-electron chi connectivity index (χ1n) is 9.86. The highest BCUT2D eigenvalue weighted by molar-refractivity contribution is 7.99. The Kier molecular flexibility index (Phi) is 4.75. The fraction of sp³-hybridized carbons (Fsp3) is 0.217. The number of rotatable bonds is 4. The van der Waals surface area contributed by atoms with Crippen molar-refractivity contribution in [2.24, 2.45) is 12.0 Å². The van der Waals surface area contributed by atoms with E-state index in [1.807, 2.05) is 11.6 Å². The number of benzene rings is 2. The van der Waals surface area contributed by atoms with Crippen LogP contribution in [0.15, 0.2) is 65.1 Å². The Hall–Kier alpha value is -3.19. The summed E-state index contributed by atoms with van der Waals surface area (Å²) in [6.45, 7) is 4.28. The second-order valence-corrected chi connectivity index (χ2v) is 8.47. The lowest BCUT2D eigenvalue weighted by Crippen LogP contribution is -2.44. The maximum Gasteiger partial charge on any atom is 0.164 e. The maximum absolute atomic E-state index is 5.11. The van der Waals surface area contributed by atoms with E-state index in [-0.39, 0.29) is 6.17 Å². The van der Waals surface area contributed by atoms with Gasteiger partial charge in [0.1, 0.15) is 23.0 Å². The summed E-state index contributed by atoms with van der Waals surface area (Å²) in [4.78, 5) is 20.7. The number of thioether (sulfide) groups is 1. The lowest BCUT2D eigenvalue weighted by molar-refractivity contribution is 0.736. The molecule has 30 heavy (non-hydrogen) atoms. The van der Waals surface area contributed by atoms with Gasteiger partial charge in [0.15, 0.2) is 5.65 Å². The van der Waals surface area contributed by atoms with Gasteiger partial charge < -0.3 is 9.47 Å². The van der Waals surface area contributed by atoms with Crippen molar-refractivity contribution in [2.75, 3.05) is 10.7 Å². The van der Waals surface area contributed by atoms with Gasteiger partial charge in [-0.05, 0) is 37.1 Å². The van der Waals surface area contributed by atoms with Crippen molar-refractivity contribution in [3.63, 3.8) is 0 Å². The highest BCUT2D eigenvalue weighted by atomic mass is 32.2. The molecule has 0 saturated heterocycles. The molecule has 3 heterocycles. The zero-order valence-corrected chi connectivity index (χ0v) is 18.0. The number of para-hydroxylation sites is 1. The van der Waals surface area contributed by atoms with E-state index >= 15 is 0 Å². The zero-order valence-electron chi connectivity index (χ0n) is 17.1. The maximum atomic E-state index is 5.11.